The Morgan fingerprint density at radius 1 is 0.930 bits per heavy atom. The SMILES string of the molecule is CCCCCC[C@H](CCCCCC/C=C/[C@@H](O)[C@H]1OC(=O)[C@@H](NC(C)=O)[C@H]1O[Si](C)(C)C(C)(C)C)O[Si](C)(C)C(C)(C)C. The van der Waals surface area contributed by atoms with Crippen LogP contribution in [-0.2, 0) is 23.2 Å². The second-order valence-electron chi connectivity index (χ2n) is 15.7. The highest BCUT2D eigenvalue weighted by molar-refractivity contribution is 6.74. The molecule has 5 atom stereocenters. The summed E-state index contributed by atoms with van der Waals surface area (Å²) in [6.45, 7) is 25.8. The van der Waals surface area contributed by atoms with Crippen LogP contribution in [0.1, 0.15) is 126 Å². The van der Waals surface area contributed by atoms with Crippen molar-refractivity contribution in [3.63, 3.8) is 0 Å². The molecule has 0 aromatic rings. The van der Waals surface area contributed by atoms with Crippen LogP contribution in [0.3, 0.4) is 0 Å². The molecule has 1 aliphatic rings. The third kappa shape index (κ3) is 13.5. The Bertz CT molecular complexity index is 877. The monoisotopic (exact) mass is 641 g/mol. The summed E-state index contributed by atoms with van der Waals surface area (Å²) < 4.78 is 18.9. The lowest BCUT2D eigenvalue weighted by Crippen LogP contribution is -2.55. The fourth-order valence-corrected chi connectivity index (χ4v) is 7.59. The quantitative estimate of drug-likeness (QED) is 0.0636. The molecule has 1 aliphatic heterocycles. The minimum Gasteiger partial charge on any atom is -0.455 e. The summed E-state index contributed by atoms with van der Waals surface area (Å²) in [5.74, 6) is -0.886. The molecular weight excluding hydrogens is 575 g/mol. The first-order valence-corrected chi connectivity index (χ1v) is 22.7. The van der Waals surface area contributed by atoms with Crippen molar-refractivity contribution in [2.45, 2.75) is 193 Å². The highest BCUT2D eigenvalue weighted by atomic mass is 28.4. The summed E-state index contributed by atoms with van der Waals surface area (Å²) in [5, 5.41) is 13.8. The molecule has 0 aromatic heterocycles. The van der Waals surface area contributed by atoms with Crippen LogP contribution < -0.4 is 5.32 Å². The average Bonchev–Trinajstić information content (AvgIpc) is 3.15. The maximum atomic E-state index is 12.7. The van der Waals surface area contributed by atoms with Gasteiger partial charge < -0.3 is 24.0 Å². The lowest BCUT2D eigenvalue weighted by atomic mass is 10.0. The van der Waals surface area contributed by atoms with Gasteiger partial charge >= 0.3 is 5.97 Å². The number of ether oxygens (including phenoxy) is 1. The van der Waals surface area contributed by atoms with E-state index in [-0.39, 0.29) is 16.0 Å². The molecule has 1 amide bonds. The molecule has 252 valence electrons. The summed E-state index contributed by atoms with van der Waals surface area (Å²) in [5.41, 5.74) is 0. The fourth-order valence-electron chi connectivity index (χ4n) is 4.86. The fraction of sp³-hybridized carbons (Fsp3) is 0.882. The second kappa shape index (κ2) is 17.6. The average molecular weight is 642 g/mol. The first-order valence-electron chi connectivity index (χ1n) is 16.9. The van der Waals surface area contributed by atoms with Crippen molar-refractivity contribution < 1.29 is 28.3 Å². The standard InChI is InChI=1S/C34H67NO6Si2/c1-13-14-15-20-23-27(40-42(9,10)33(3,4)5)24-21-18-16-17-19-22-25-28(37)30-31(41-43(11,12)34(6,7)8)29(32(38)39-30)35-26(2)36/h22,25,27-31,37H,13-21,23-24H2,1-12H3,(H,35,36)/b25-22+/t27-,28-,29+,30-,31-/m1/s1. The van der Waals surface area contributed by atoms with Crippen molar-refractivity contribution >= 4 is 28.5 Å². The lowest BCUT2D eigenvalue weighted by molar-refractivity contribution is -0.146. The molecule has 0 spiro atoms. The maximum absolute atomic E-state index is 12.7. The largest absolute Gasteiger partial charge is 0.455 e. The molecule has 1 fully saturated rings. The van der Waals surface area contributed by atoms with Gasteiger partial charge in [0, 0.05) is 13.0 Å². The molecule has 0 aromatic carbocycles. The zero-order valence-corrected chi connectivity index (χ0v) is 31.8. The minimum absolute atomic E-state index is 0.101. The summed E-state index contributed by atoms with van der Waals surface area (Å²) >= 11 is 0. The Morgan fingerprint density at radius 3 is 1.98 bits per heavy atom. The van der Waals surface area contributed by atoms with Gasteiger partial charge in [-0.15, -0.1) is 0 Å². The van der Waals surface area contributed by atoms with Crippen LogP contribution in [0.25, 0.3) is 0 Å². The van der Waals surface area contributed by atoms with Gasteiger partial charge in [-0.2, -0.15) is 0 Å². The first kappa shape index (κ1) is 40.0. The highest BCUT2D eigenvalue weighted by Crippen LogP contribution is 2.40. The summed E-state index contributed by atoms with van der Waals surface area (Å²) in [6, 6.07) is -0.921. The molecule has 0 unspecified atom stereocenters. The predicted molar refractivity (Wildman–Crippen MR) is 183 cm³/mol. The number of carbonyl (C=O) groups is 2. The van der Waals surface area contributed by atoms with Gasteiger partial charge in [0.05, 0.1) is 0 Å². The van der Waals surface area contributed by atoms with E-state index in [0.29, 0.717) is 6.10 Å². The van der Waals surface area contributed by atoms with Gasteiger partial charge in [-0.25, -0.2) is 4.79 Å². The number of cyclic esters (lactones) is 1. The van der Waals surface area contributed by atoms with Gasteiger partial charge in [-0.1, -0.05) is 106 Å². The molecule has 1 saturated heterocycles. The van der Waals surface area contributed by atoms with Crippen molar-refractivity contribution in [2.75, 3.05) is 0 Å². The second-order valence-corrected chi connectivity index (χ2v) is 25.2. The molecular formula is C34H67NO6Si2. The number of nitrogens with one attached hydrogen (secondary N) is 1. The van der Waals surface area contributed by atoms with E-state index in [1.54, 1.807) is 6.08 Å². The van der Waals surface area contributed by atoms with Crippen molar-refractivity contribution in [3.05, 3.63) is 12.2 Å². The number of hydrogen-bond acceptors (Lipinski definition) is 6. The van der Waals surface area contributed by atoms with E-state index in [2.05, 4.69) is 80.0 Å². The number of hydrogen-bond donors (Lipinski definition) is 2. The maximum Gasteiger partial charge on any atom is 0.331 e. The van der Waals surface area contributed by atoms with Crippen LogP contribution in [0.2, 0.25) is 36.3 Å². The molecule has 43 heavy (non-hydrogen) atoms. The third-order valence-corrected chi connectivity index (χ3v) is 18.7. The summed E-state index contributed by atoms with van der Waals surface area (Å²) in [4.78, 5) is 24.5. The smallest absolute Gasteiger partial charge is 0.331 e. The summed E-state index contributed by atoms with van der Waals surface area (Å²) in [6.07, 6.45) is 14.2. The van der Waals surface area contributed by atoms with Gasteiger partial charge in [0.2, 0.25) is 5.91 Å². The zero-order valence-electron chi connectivity index (χ0n) is 29.8. The van der Waals surface area contributed by atoms with Crippen molar-refractivity contribution in [3.8, 4) is 0 Å². The van der Waals surface area contributed by atoms with E-state index in [1.165, 1.54) is 51.9 Å². The molecule has 7 nitrogen and oxygen atoms in total. The van der Waals surface area contributed by atoms with E-state index < -0.39 is 47.0 Å². The van der Waals surface area contributed by atoms with Crippen molar-refractivity contribution in [2.24, 2.45) is 0 Å². The van der Waals surface area contributed by atoms with Crippen molar-refractivity contribution in [1.29, 1.82) is 0 Å². The van der Waals surface area contributed by atoms with E-state index >= 15 is 0 Å². The molecule has 2 N–H and O–H groups in total. The van der Waals surface area contributed by atoms with Gasteiger partial charge in [0.15, 0.2) is 28.8 Å². The normalized spacial score (nSPS) is 21.7. The molecule has 0 bridgehead atoms. The topological polar surface area (TPSA) is 94.1 Å². The van der Waals surface area contributed by atoms with Gasteiger partial charge in [0.1, 0.15) is 12.2 Å². The first-order chi connectivity index (χ1) is 19.7. The number of esters is 1. The van der Waals surface area contributed by atoms with E-state index in [0.717, 1.165) is 25.7 Å². The Hall–Kier alpha value is -1.01. The zero-order chi connectivity index (χ0) is 33.1. The van der Waals surface area contributed by atoms with E-state index in [1.807, 2.05) is 6.08 Å². The van der Waals surface area contributed by atoms with Crippen LogP contribution in [0.15, 0.2) is 12.2 Å². The summed E-state index contributed by atoms with van der Waals surface area (Å²) in [7, 11) is -4.09. The Labute approximate surface area is 266 Å². The molecule has 0 aliphatic carbocycles. The number of unbranched alkanes of at least 4 members (excludes halogenated alkanes) is 7. The lowest BCUT2D eigenvalue weighted by Gasteiger charge is -2.40. The van der Waals surface area contributed by atoms with Crippen LogP contribution in [0.5, 0.6) is 0 Å². The number of aliphatic hydroxyl groups excluding tert-OH is 1. The molecule has 1 heterocycles. The number of aliphatic hydroxyl groups is 1. The predicted octanol–water partition coefficient (Wildman–Crippen LogP) is 8.43. The van der Waals surface area contributed by atoms with Gasteiger partial charge in [0.25, 0.3) is 0 Å². The van der Waals surface area contributed by atoms with E-state index in [4.69, 9.17) is 13.6 Å². The number of allylic oxidation sites excluding steroid dienone is 1. The molecule has 0 saturated carbocycles. The van der Waals surface area contributed by atoms with Gasteiger partial charge in [-0.3, -0.25) is 4.79 Å². The van der Waals surface area contributed by atoms with Crippen LogP contribution in [0.4, 0.5) is 0 Å². The van der Waals surface area contributed by atoms with Crippen molar-refractivity contribution in [1.82, 2.24) is 5.32 Å². The molecule has 1 rings (SSSR count). The third-order valence-electron chi connectivity index (χ3n) is 9.72. The van der Waals surface area contributed by atoms with Crippen LogP contribution >= 0.6 is 0 Å². The molecule has 0 radical (unpaired) electrons. The van der Waals surface area contributed by atoms with Crippen LogP contribution in [-0.4, -0.2) is 64.1 Å². The minimum atomic E-state index is -2.31. The van der Waals surface area contributed by atoms with Crippen LogP contribution in [0, 0.1) is 0 Å². The Morgan fingerprint density at radius 2 is 1.47 bits per heavy atom. The Balaban J connectivity index is 2.64. The Kier molecular flexibility index (Phi) is 16.4. The number of carbonyl (C=O) groups excluding carboxylic acids is 2. The number of amides is 1. The van der Waals surface area contributed by atoms with E-state index in [9.17, 15) is 14.7 Å². The van der Waals surface area contributed by atoms with Gasteiger partial charge in [-0.05, 0) is 61.9 Å². The number of rotatable bonds is 19. The molecule has 9 heteroatoms. The highest BCUT2D eigenvalue weighted by Gasteiger charge is 2.52.